The molecule has 1 aromatic heterocycles. The van der Waals surface area contributed by atoms with Gasteiger partial charge in [-0.2, -0.15) is 0 Å². The van der Waals surface area contributed by atoms with Gasteiger partial charge in [-0.25, -0.2) is 4.98 Å². The van der Waals surface area contributed by atoms with Gasteiger partial charge in [0.1, 0.15) is 0 Å². The highest BCUT2D eigenvalue weighted by molar-refractivity contribution is 5.90. The molecule has 1 N–H and O–H groups in total. The van der Waals surface area contributed by atoms with Crippen LogP contribution in [0.4, 0.5) is 0 Å². The molecule has 2 aromatic rings. The van der Waals surface area contributed by atoms with Crippen LogP contribution >= 0.6 is 0 Å². The van der Waals surface area contributed by atoms with Gasteiger partial charge >= 0.3 is 5.91 Å². The molecule has 24 heavy (non-hydrogen) atoms. The fourth-order valence-corrected chi connectivity index (χ4v) is 4.11. The van der Waals surface area contributed by atoms with Crippen LogP contribution in [-0.2, 0) is 0 Å². The highest BCUT2D eigenvalue weighted by Gasteiger charge is 2.40. The topological polar surface area (TPSA) is 58.4 Å². The number of hydrogen-bond acceptors (Lipinski definition) is 4. The third-order valence-corrected chi connectivity index (χ3v) is 5.59. The predicted octanol–water partition coefficient (Wildman–Crippen LogP) is 2.86. The van der Waals surface area contributed by atoms with E-state index in [9.17, 15) is 4.79 Å². The highest BCUT2D eigenvalue weighted by Crippen LogP contribution is 2.32. The van der Waals surface area contributed by atoms with Crippen molar-refractivity contribution in [3.05, 3.63) is 41.9 Å². The zero-order chi connectivity index (χ0) is 16.7. The Bertz CT molecular complexity index is 745. The van der Waals surface area contributed by atoms with Gasteiger partial charge in [0.15, 0.2) is 5.76 Å². The number of carbonyl (C=O) groups is 1. The van der Waals surface area contributed by atoms with Crippen molar-refractivity contribution in [2.24, 2.45) is 5.92 Å². The largest absolute Gasteiger partial charge is 0.432 e. The van der Waals surface area contributed by atoms with E-state index in [2.05, 4.69) is 22.1 Å². The number of aromatic nitrogens is 1. The van der Waals surface area contributed by atoms with E-state index in [0.717, 1.165) is 37.1 Å². The van der Waals surface area contributed by atoms with E-state index in [1.165, 1.54) is 0 Å². The Morgan fingerprint density at radius 2 is 2.04 bits per heavy atom. The van der Waals surface area contributed by atoms with Gasteiger partial charge in [0.05, 0.1) is 6.20 Å². The fraction of sp³-hybridized carbons (Fsp3) is 0.474. The van der Waals surface area contributed by atoms with E-state index in [0.29, 0.717) is 17.7 Å². The normalized spacial score (nSPS) is 28.8. The van der Waals surface area contributed by atoms with E-state index >= 15 is 0 Å². The van der Waals surface area contributed by atoms with Gasteiger partial charge in [-0.15, -0.1) is 0 Å². The van der Waals surface area contributed by atoms with Gasteiger partial charge < -0.3 is 9.73 Å². The van der Waals surface area contributed by atoms with Crippen LogP contribution in [0.2, 0.25) is 0 Å². The number of fused-ring (bicyclic) bond motifs is 3. The van der Waals surface area contributed by atoms with Crippen molar-refractivity contribution in [1.82, 2.24) is 15.2 Å². The first-order valence-electron chi connectivity index (χ1n) is 8.70. The number of nitrogens with zero attached hydrogens (tertiary/aromatic N) is 2. The number of piperidine rings is 3. The molecule has 0 spiro atoms. The Labute approximate surface area is 142 Å². The van der Waals surface area contributed by atoms with Gasteiger partial charge in [0, 0.05) is 17.6 Å². The molecule has 5 heteroatoms. The summed E-state index contributed by atoms with van der Waals surface area (Å²) in [6.07, 6.45) is 3.96. The number of nitrogens with one attached hydrogen (secondary N) is 1. The molecule has 126 valence electrons. The van der Waals surface area contributed by atoms with Crippen LogP contribution in [0.3, 0.4) is 0 Å². The van der Waals surface area contributed by atoms with E-state index < -0.39 is 0 Å². The molecule has 3 fully saturated rings. The molecule has 4 heterocycles. The zero-order valence-electron chi connectivity index (χ0n) is 14.2. The summed E-state index contributed by atoms with van der Waals surface area (Å²) >= 11 is 0. The van der Waals surface area contributed by atoms with Crippen molar-refractivity contribution in [1.29, 1.82) is 0 Å². The van der Waals surface area contributed by atoms with Crippen molar-refractivity contribution in [3.63, 3.8) is 0 Å². The summed E-state index contributed by atoms with van der Waals surface area (Å²) in [7, 11) is 0. The smallest absolute Gasteiger partial charge is 0.307 e. The van der Waals surface area contributed by atoms with Crippen LogP contribution < -0.4 is 5.32 Å². The zero-order valence-corrected chi connectivity index (χ0v) is 14.2. The monoisotopic (exact) mass is 325 g/mol. The van der Waals surface area contributed by atoms with E-state index in [1.807, 2.05) is 31.2 Å². The van der Waals surface area contributed by atoms with Gasteiger partial charge in [-0.3, -0.25) is 9.69 Å². The van der Waals surface area contributed by atoms with Crippen LogP contribution in [0.25, 0.3) is 11.3 Å². The molecule has 2 atom stereocenters. The first-order chi connectivity index (χ1) is 11.6. The average molecular weight is 325 g/mol. The predicted molar refractivity (Wildman–Crippen MR) is 91.7 cm³/mol. The lowest BCUT2D eigenvalue weighted by Crippen LogP contribution is -2.62. The summed E-state index contributed by atoms with van der Waals surface area (Å²) in [5, 5.41) is 3.16. The maximum Gasteiger partial charge on any atom is 0.307 e. The summed E-state index contributed by atoms with van der Waals surface area (Å²) in [6, 6.07) is 8.51. The minimum atomic E-state index is -0.208. The fourth-order valence-electron chi connectivity index (χ4n) is 4.11. The molecule has 0 saturated carbocycles. The molecule has 3 saturated heterocycles. The molecular formula is C19H23N3O2. The minimum Gasteiger partial charge on any atom is -0.432 e. The third-order valence-electron chi connectivity index (χ3n) is 5.59. The summed E-state index contributed by atoms with van der Waals surface area (Å²) in [6.45, 7) is 6.51. The van der Waals surface area contributed by atoms with Crippen LogP contribution in [0, 0.1) is 12.8 Å². The average Bonchev–Trinajstić information content (AvgIpc) is 3.09. The number of carbonyl (C=O) groups excluding carboxylic acids is 1. The lowest BCUT2D eigenvalue weighted by atomic mass is 9.79. The Kier molecular flexibility index (Phi) is 3.88. The summed E-state index contributed by atoms with van der Waals surface area (Å²) in [4.78, 5) is 19.2. The molecule has 2 unspecified atom stereocenters. The molecule has 1 aromatic carbocycles. The first kappa shape index (κ1) is 15.4. The van der Waals surface area contributed by atoms with Gasteiger partial charge in [0.2, 0.25) is 0 Å². The SMILES string of the molecule is Cc1ccccc1-c1cnc(C(=O)NC2C3CCN(CC3)C2C)o1. The number of oxazole rings is 1. The van der Waals surface area contributed by atoms with Gasteiger partial charge in [0.25, 0.3) is 5.89 Å². The molecule has 3 aliphatic rings. The summed E-state index contributed by atoms with van der Waals surface area (Å²) < 4.78 is 5.73. The number of hydrogen-bond donors (Lipinski definition) is 1. The first-order valence-corrected chi connectivity index (χ1v) is 8.70. The van der Waals surface area contributed by atoms with Crippen LogP contribution in [0.5, 0.6) is 0 Å². The molecular weight excluding hydrogens is 302 g/mol. The summed E-state index contributed by atoms with van der Waals surface area (Å²) in [5.41, 5.74) is 2.08. The highest BCUT2D eigenvalue weighted by atomic mass is 16.4. The van der Waals surface area contributed by atoms with E-state index in [4.69, 9.17) is 4.42 Å². The number of rotatable bonds is 3. The van der Waals surface area contributed by atoms with Crippen molar-refractivity contribution in [3.8, 4) is 11.3 Å². The Balaban J connectivity index is 1.51. The van der Waals surface area contributed by atoms with Gasteiger partial charge in [-0.1, -0.05) is 24.3 Å². The standard InChI is InChI=1S/C19H23N3O2/c1-12-5-3-4-6-15(12)16-11-20-19(24-16)18(23)21-17-13(2)22-9-7-14(17)8-10-22/h3-6,11,13-14,17H,7-10H2,1-2H3,(H,21,23). The Hall–Kier alpha value is -2.14. The van der Waals surface area contributed by atoms with Crippen molar-refractivity contribution in [2.75, 3.05) is 13.1 Å². The second kappa shape index (κ2) is 6.06. The molecule has 3 aliphatic heterocycles. The molecule has 1 amide bonds. The van der Waals surface area contributed by atoms with Crippen molar-refractivity contribution < 1.29 is 9.21 Å². The molecule has 0 radical (unpaired) electrons. The quantitative estimate of drug-likeness (QED) is 0.943. The Morgan fingerprint density at radius 1 is 1.29 bits per heavy atom. The van der Waals surface area contributed by atoms with E-state index in [1.54, 1.807) is 6.20 Å². The van der Waals surface area contributed by atoms with Crippen LogP contribution in [0.15, 0.2) is 34.9 Å². The maximum atomic E-state index is 12.6. The molecule has 5 nitrogen and oxygen atoms in total. The van der Waals surface area contributed by atoms with Crippen molar-refractivity contribution in [2.45, 2.75) is 38.8 Å². The minimum absolute atomic E-state index is 0.150. The molecule has 2 bridgehead atoms. The summed E-state index contributed by atoms with van der Waals surface area (Å²) in [5.74, 6) is 1.15. The lowest BCUT2D eigenvalue weighted by Gasteiger charge is -2.49. The van der Waals surface area contributed by atoms with Gasteiger partial charge in [-0.05, 0) is 51.3 Å². The maximum absolute atomic E-state index is 12.6. The lowest BCUT2D eigenvalue weighted by molar-refractivity contribution is 0.0210. The van der Waals surface area contributed by atoms with E-state index in [-0.39, 0.29) is 17.8 Å². The second-order valence-electron chi connectivity index (χ2n) is 6.96. The third kappa shape index (κ3) is 2.63. The molecule has 5 rings (SSSR count). The number of benzene rings is 1. The Morgan fingerprint density at radius 3 is 2.75 bits per heavy atom. The van der Waals surface area contributed by atoms with Crippen LogP contribution in [0.1, 0.15) is 36.0 Å². The molecule has 0 aliphatic carbocycles. The van der Waals surface area contributed by atoms with Crippen molar-refractivity contribution >= 4 is 5.91 Å². The number of aryl methyl sites for hydroxylation is 1. The number of amides is 1. The second-order valence-corrected chi connectivity index (χ2v) is 6.96. The van der Waals surface area contributed by atoms with Crippen LogP contribution in [-0.4, -0.2) is 41.0 Å².